The predicted octanol–water partition coefficient (Wildman–Crippen LogP) is 3.58. The number of phenolic OH excluding ortho intramolecular Hbond substituents is 1. The van der Waals surface area contributed by atoms with Gasteiger partial charge in [-0.25, -0.2) is 4.99 Å². The summed E-state index contributed by atoms with van der Waals surface area (Å²) < 4.78 is 0.519. The summed E-state index contributed by atoms with van der Waals surface area (Å²) in [6.45, 7) is 0. The standard InChI is InChI=1S/C12H7BrClNO2/c13-11-9(5-6-10(17)12(11)14)15-7-1-3-8(16)4-2-7/h1-6,17H. The van der Waals surface area contributed by atoms with Gasteiger partial charge in [-0.15, -0.1) is 0 Å². The van der Waals surface area contributed by atoms with Gasteiger partial charge in [-0.2, -0.15) is 0 Å². The van der Waals surface area contributed by atoms with E-state index in [1.54, 1.807) is 18.2 Å². The lowest BCUT2D eigenvalue weighted by Crippen LogP contribution is -1.98. The maximum atomic E-state index is 10.9. The molecule has 0 radical (unpaired) electrons. The Morgan fingerprint density at radius 2 is 1.82 bits per heavy atom. The summed E-state index contributed by atoms with van der Waals surface area (Å²) in [6, 6.07) is 3.10. The van der Waals surface area contributed by atoms with Crippen molar-refractivity contribution in [2.24, 2.45) is 4.99 Å². The molecule has 0 saturated carbocycles. The van der Waals surface area contributed by atoms with E-state index < -0.39 is 0 Å². The first-order valence-electron chi connectivity index (χ1n) is 4.73. The zero-order valence-electron chi connectivity index (χ0n) is 8.52. The molecule has 1 aromatic carbocycles. The molecule has 1 aliphatic rings. The minimum Gasteiger partial charge on any atom is -0.506 e. The topological polar surface area (TPSA) is 49.7 Å². The van der Waals surface area contributed by atoms with Gasteiger partial charge in [0, 0.05) is 0 Å². The van der Waals surface area contributed by atoms with Crippen molar-refractivity contribution < 1.29 is 9.90 Å². The third-order valence-electron chi connectivity index (χ3n) is 2.13. The van der Waals surface area contributed by atoms with Crippen LogP contribution in [0.4, 0.5) is 5.69 Å². The summed E-state index contributed by atoms with van der Waals surface area (Å²) in [6.07, 6.45) is 6.12. The van der Waals surface area contributed by atoms with Crippen molar-refractivity contribution in [2.75, 3.05) is 0 Å². The van der Waals surface area contributed by atoms with E-state index >= 15 is 0 Å². The number of phenols is 1. The van der Waals surface area contributed by atoms with Crippen LogP contribution >= 0.6 is 27.5 Å². The van der Waals surface area contributed by atoms with Gasteiger partial charge < -0.3 is 5.11 Å². The van der Waals surface area contributed by atoms with E-state index in [-0.39, 0.29) is 16.6 Å². The first-order chi connectivity index (χ1) is 8.08. The van der Waals surface area contributed by atoms with Crippen molar-refractivity contribution in [1.82, 2.24) is 0 Å². The van der Waals surface area contributed by atoms with Crippen LogP contribution in [0.5, 0.6) is 5.75 Å². The Hall–Kier alpha value is -1.39. The summed E-state index contributed by atoms with van der Waals surface area (Å²) in [5, 5.41) is 9.60. The van der Waals surface area contributed by atoms with Gasteiger partial charge in [-0.3, -0.25) is 4.79 Å². The smallest absolute Gasteiger partial charge is 0.178 e. The molecule has 0 aliphatic heterocycles. The number of hydrogen-bond acceptors (Lipinski definition) is 3. The molecule has 3 nitrogen and oxygen atoms in total. The van der Waals surface area contributed by atoms with Crippen LogP contribution in [0.15, 0.2) is 45.9 Å². The fourth-order valence-corrected chi connectivity index (χ4v) is 1.86. The van der Waals surface area contributed by atoms with Gasteiger partial charge in [-0.05, 0) is 52.4 Å². The Morgan fingerprint density at radius 1 is 1.18 bits per heavy atom. The van der Waals surface area contributed by atoms with Gasteiger partial charge in [0.15, 0.2) is 5.78 Å². The highest BCUT2D eigenvalue weighted by molar-refractivity contribution is 9.10. The minimum absolute atomic E-state index is 0.00704. The predicted molar refractivity (Wildman–Crippen MR) is 71.2 cm³/mol. The summed E-state index contributed by atoms with van der Waals surface area (Å²) in [7, 11) is 0. The highest BCUT2D eigenvalue weighted by Crippen LogP contribution is 2.38. The van der Waals surface area contributed by atoms with Gasteiger partial charge in [0.1, 0.15) is 5.75 Å². The van der Waals surface area contributed by atoms with Crippen molar-refractivity contribution in [3.63, 3.8) is 0 Å². The lowest BCUT2D eigenvalue weighted by molar-refractivity contribution is -0.110. The van der Waals surface area contributed by atoms with Gasteiger partial charge >= 0.3 is 0 Å². The summed E-state index contributed by atoms with van der Waals surface area (Å²) in [5.41, 5.74) is 1.23. The molecule has 0 bridgehead atoms. The van der Waals surface area contributed by atoms with Crippen LogP contribution in [0.3, 0.4) is 0 Å². The molecule has 0 amide bonds. The van der Waals surface area contributed by atoms with Gasteiger partial charge in [0.25, 0.3) is 0 Å². The monoisotopic (exact) mass is 311 g/mol. The molecule has 0 saturated heterocycles. The number of carbonyl (C=O) groups excluding carboxylic acids is 1. The third-order valence-corrected chi connectivity index (χ3v) is 3.54. The van der Waals surface area contributed by atoms with Crippen LogP contribution in [0.1, 0.15) is 0 Å². The molecule has 0 atom stereocenters. The van der Waals surface area contributed by atoms with Crippen molar-refractivity contribution in [3.8, 4) is 5.75 Å². The lowest BCUT2D eigenvalue weighted by atomic mass is 10.1. The number of ketones is 1. The average molecular weight is 313 g/mol. The number of carbonyl (C=O) groups is 1. The van der Waals surface area contributed by atoms with Crippen molar-refractivity contribution >= 4 is 44.7 Å². The Kier molecular flexibility index (Phi) is 3.45. The molecule has 1 N–H and O–H groups in total. The summed E-state index contributed by atoms with van der Waals surface area (Å²) >= 11 is 9.12. The number of rotatable bonds is 1. The lowest BCUT2D eigenvalue weighted by Gasteiger charge is -2.04. The van der Waals surface area contributed by atoms with E-state index in [4.69, 9.17) is 11.6 Å². The van der Waals surface area contributed by atoms with Crippen LogP contribution in [0.2, 0.25) is 5.02 Å². The summed E-state index contributed by atoms with van der Waals surface area (Å²) in [5.74, 6) is -0.0702. The number of aliphatic imine (C=N–C) groups is 1. The third kappa shape index (κ3) is 2.65. The fraction of sp³-hybridized carbons (Fsp3) is 0. The molecule has 2 rings (SSSR count). The largest absolute Gasteiger partial charge is 0.506 e. The molecule has 17 heavy (non-hydrogen) atoms. The van der Waals surface area contributed by atoms with E-state index in [2.05, 4.69) is 20.9 Å². The van der Waals surface area contributed by atoms with Crippen LogP contribution in [0.25, 0.3) is 0 Å². The van der Waals surface area contributed by atoms with Crippen LogP contribution in [0, 0.1) is 0 Å². The van der Waals surface area contributed by atoms with E-state index in [1.807, 2.05) is 0 Å². The van der Waals surface area contributed by atoms with Crippen molar-refractivity contribution in [1.29, 1.82) is 0 Å². The normalized spacial score (nSPS) is 14.2. The van der Waals surface area contributed by atoms with E-state index in [0.29, 0.717) is 15.9 Å². The Balaban J connectivity index is 2.40. The molecular formula is C12H7BrClNO2. The average Bonchev–Trinajstić information content (AvgIpc) is 2.33. The maximum Gasteiger partial charge on any atom is 0.178 e. The van der Waals surface area contributed by atoms with Crippen LogP contribution in [-0.4, -0.2) is 16.6 Å². The minimum atomic E-state index is -0.0632. The quantitative estimate of drug-likeness (QED) is 0.806. The Bertz CT molecular complexity index is 558. The van der Waals surface area contributed by atoms with Gasteiger partial charge in [0.05, 0.1) is 20.9 Å². The van der Waals surface area contributed by atoms with Gasteiger partial charge in [0.2, 0.25) is 0 Å². The molecule has 1 aliphatic carbocycles. The highest BCUT2D eigenvalue weighted by atomic mass is 79.9. The first-order valence-corrected chi connectivity index (χ1v) is 5.91. The van der Waals surface area contributed by atoms with Crippen LogP contribution in [-0.2, 0) is 4.79 Å². The molecule has 86 valence electrons. The number of allylic oxidation sites excluding steroid dienone is 4. The van der Waals surface area contributed by atoms with E-state index in [9.17, 15) is 9.90 Å². The van der Waals surface area contributed by atoms with Gasteiger partial charge in [-0.1, -0.05) is 11.6 Å². The number of aromatic hydroxyl groups is 1. The SMILES string of the molecule is O=C1C=CC(=Nc2ccc(O)c(Cl)c2Br)C=C1. The zero-order valence-corrected chi connectivity index (χ0v) is 10.9. The highest BCUT2D eigenvalue weighted by Gasteiger charge is 2.09. The van der Waals surface area contributed by atoms with E-state index in [1.165, 1.54) is 18.2 Å². The molecule has 0 unspecified atom stereocenters. The number of benzene rings is 1. The second kappa shape index (κ2) is 4.85. The molecule has 0 fully saturated rings. The fourth-order valence-electron chi connectivity index (χ4n) is 1.28. The molecular weight excluding hydrogens is 305 g/mol. The summed E-state index contributed by atoms with van der Waals surface area (Å²) in [4.78, 5) is 15.2. The van der Waals surface area contributed by atoms with Crippen molar-refractivity contribution in [3.05, 3.63) is 45.9 Å². The number of hydrogen-bond donors (Lipinski definition) is 1. The molecule has 0 aromatic heterocycles. The second-order valence-electron chi connectivity index (χ2n) is 3.34. The number of halogens is 2. The molecule has 0 spiro atoms. The molecule has 5 heteroatoms. The molecule has 0 heterocycles. The van der Waals surface area contributed by atoms with Crippen molar-refractivity contribution in [2.45, 2.75) is 0 Å². The maximum absolute atomic E-state index is 10.9. The molecule has 1 aromatic rings. The number of nitrogens with zero attached hydrogens (tertiary/aromatic N) is 1. The zero-order chi connectivity index (χ0) is 12.4. The second-order valence-corrected chi connectivity index (χ2v) is 4.51. The van der Waals surface area contributed by atoms with E-state index in [0.717, 1.165) is 0 Å². The Morgan fingerprint density at radius 3 is 2.47 bits per heavy atom. The van der Waals surface area contributed by atoms with Crippen LogP contribution < -0.4 is 0 Å². The Labute approximate surface area is 111 Å². The first kappa shape index (κ1) is 12.1.